The SMILES string of the molecule is CC(CC(=O)O)(NC(=O)OCC1c2ccccc2-c2ccccc21)c1ccc(F)cc1. The molecule has 5 nitrogen and oxygen atoms in total. The predicted molar refractivity (Wildman–Crippen MR) is 114 cm³/mol. The van der Waals surface area contributed by atoms with Crippen molar-refractivity contribution < 1.29 is 23.8 Å². The summed E-state index contributed by atoms with van der Waals surface area (Å²) < 4.78 is 18.9. The quantitative estimate of drug-likeness (QED) is 0.586. The van der Waals surface area contributed by atoms with Gasteiger partial charge in [0.1, 0.15) is 12.4 Å². The number of hydrogen-bond donors (Lipinski definition) is 2. The summed E-state index contributed by atoms with van der Waals surface area (Å²) in [6, 6.07) is 21.4. The van der Waals surface area contributed by atoms with Crippen LogP contribution >= 0.6 is 0 Å². The lowest BCUT2D eigenvalue weighted by Crippen LogP contribution is -2.45. The minimum atomic E-state index is -1.25. The molecule has 1 aliphatic carbocycles. The molecule has 4 rings (SSSR count). The van der Waals surface area contributed by atoms with E-state index in [-0.39, 0.29) is 18.9 Å². The van der Waals surface area contributed by atoms with Crippen molar-refractivity contribution in [2.45, 2.75) is 24.8 Å². The van der Waals surface area contributed by atoms with E-state index in [1.807, 2.05) is 48.5 Å². The number of carbonyl (C=O) groups is 2. The molecule has 0 aliphatic heterocycles. The van der Waals surface area contributed by atoms with Gasteiger partial charge in [0.15, 0.2) is 0 Å². The van der Waals surface area contributed by atoms with Crippen LogP contribution in [-0.4, -0.2) is 23.8 Å². The molecule has 6 heteroatoms. The van der Waals surface area contributed by atoms with Gasteiger partial charge in [-0.1, -0.05) is 60.7 Å². The molecule has 0 spiro atoms. The number of hydrogen-bond acceptors (Lipinski definition) is 3. The first-order valence-electron chi connectivity index (χ1n) is 9.98. The molecular formula is C25H22FNO4. The summed E-state index contributed by atoms with van der Waals surface area (Å²) in [4.78, 5) is 24.1. The summed E-state index contributed by atoms with van der Waals surface area (Å²) in [5.74, 6) is -1.64. The molecule has 0 saturated heterocycles. The zero-order chi connectivity index (χ0) is 22.0. The fraction of sp³-hybridized carbons (Fsp3) is 0.200. The van der Waals surface area contributed by atoms with Crippen molar-refractivity contribution in [3.63, 3.8) is 0 Å². The lowest BCUT2D eigenvalue weighted by atomic mass is 9.88. The molecular weight excluding hydrogens is 397 g/mol. The molecule has 31 heavy (non-hydrogen) atoms. The highest BCUT2D eigenvalue weighted by atomic mass is 19.1. The van der Waals surface area contributed by atoms with Crippen LogP contribution in [-0.2, 0) is 15.1 Å². The number of benzene rings is 3. The van der Waals surface area contributed by atoms with E-state index < -0.39 is 23.4 Å². The molecule has 0 aromatic heterocycles. The number of rotatable bonds is 6. The van der Waals surface area contributed by atoms with Crippen molar-refractivity contribution in [2.24, 2.45) is 0 Å². The van der Waals surface area contributed by atoms with Gasteiger partial charge >= 0.3 is 12.1 Å². The van der Waals surface area contributed by atoms with Crippen LogP contribution in [0.15, 0.2) is 72.8 Å². The van der Waals surface area contributed by atoms with Gasteiger partial charge < -0.3 is 15.2 Å². The molecule has 0 saturated carbocycles. The van der Waals surface area contributed by atoms with E-state index in [0.29, 0.717) is 5.56 Å². The van der Waals surface area contributed by atoms with Gasteiger partial charge in [0.05, 0.1) is 12.0 Å². The Morgan fingerprint density at radius 2 is 1.52 bits per heavy atom. The Hall–Kier alpha value is -3.67. The zero-order valence-corrected chi connectivity index (χ0v) is 17.0. The number of nitrogens with one attached hydrogen (secondary N) is 1. The third-order valence-corrected chi connectivity index (χ3v) is 5.71. The number of carboxylic acids is 1. The topological polar surface area (TPSA) is 75.6 Å². The largest absolute Gasteiger partial charge is 0.481 e. The number of halogens is 1. The molecule has 1 amide bonds. The average molecular weight is 419 g/mol. The maximum Gasteiger partial charge on any atom is 0.407 e. The summed E-state index contributed by atoms with van der Waals surface area (Å²) in [5.41, 5.74) is 3.64. The normalized spacial score (nSPS) is 14.3. The molecule has 3 aromatic carbocycles. The highest BCUT2D eigenvalue weighted by molar-refractivity contribution is 5.79. The van der Waals surface area contributed by atoms with Gasteiger partial charge in [0, 0.05) is 5.92 Å². The third kappa shape index (κ3) is 4.14. The van der Waals surface area contributed by atoms with Gasteiger partial charge in [-0.3, -0.25) is 4.79 Å². The molecule has 158 valence electrons. The number of ether oxygens (including phenoxy) is 1. The fourth-order valence-corrected chi connectivity index (χ4v) is 4.20. The number of fused-ring (bicyclic) bond motifs is 3. The second-order valence-electron chi connectivity index (χ2n) is 7.86. The summed E-state index contributed by atoms with van der Waals surface area (Å²) in [7, 11) is 0. The van der Waals surface area contributed by atoms with Gasteiger partial charge in [-0.25, -0.2) is 9.18 Å². The zero-order valence-electron chi connectivity index (χ0n) is 17.0. The summed E-state index contributed by atoms with van der Waals surface area (Å²) in [6.07, 6.45) is -1.10. The summed E-state index contributed by atoms with van der Waals surface area (Å²) >= 11 is 0. The minimum absolute atomic E-state index is 0.102. The molecule has 0 fully saturated rings. The summed E-state index contributed by atoms with van der Waals surface area (Å²) in [6.45, 7) is 1.70. The van der Waals surface area contributed by atoms with E-state index in [2.05, 4.69) is 5.32 Å². The average Bonchev–Trinajstić information content (AvgIpc) is 3.06. The van der Waals surface area contributed by atoms with Gasteiger partial charge in [0.2, 0.25) is 0 Å². The van der Waals surface area contributed by atoms with E-state index in [0.717, 1.165) is 22.3 Å². The monoisotopic (exact) mass is 419 g/mol. The second kappa shape index (κ2) is 8.22. The fourth-order valence-electron chi connectivity index (χ4n) is 4.20. The third-order valence-electron chi connectivity index (χ3n) is 5.71. The van der Waals surface area contributed by atoms with Crippen LogP contribution in [0.4, 0.5) is 9.18 Å². The molecule has 0 heterocycles. The van der Waals surface area contributed by atoms with Gasteiger partial charge in [0.25, 0.3) is 0 Å². The van der Waals surface area contributed by atoms with Crippen LogP contribution in [0.3, 0.4) is 0 Å². The lowest BCUT2D eigenvalue weighted by Gasteiger charge is -2.29. The molecule has 1 unspecified atom stereocenters. The van der Waals surface area contributed by atoms with Crippen molar-refractivity contribution >= 4 is 12.1 Å². The van der Waals surface area contributed by atoms with Crippen LogP contribution in [0.5, 0.6) is 0 Å². The number of alkyl carbamates (subject to hydrolysis) is 1. The maximum atomic E-state index is 13.3. The Morgan fingerprint density at radius 3 is 2.06 bits per heavy atom. The molecule has 1 aliphatic rings. The Kier molecular flexibility index (Phi) is 5.46. The first kappa shape index (κ1) is 20.6. The van der Waals surface area contributed by atoms with Crippen LogP contribution in [0.2, 0.25) is 0 Å². The van der Waals surface area contributed by atoms with Crippen molar-refractivity contribution in [3.05, 3.63) is 95.3 Å². The lowest BCUT2D eigenvalue weighted by molar-refractivity contribution is -0.138. The van der Waals surface area contributed by atoms with Gasteiger partial charge in [-0.05, 0) is 46.9 Å². The van der Waals surface area contributed by atoms with E-state index in [1.165, 1.54) is 24.3 Å². The summed E-state index contributed by atoms with van der Waals surface area (Å²) in [5, 5.41) is 12.0. The Bertz CT molecular complexity index is 1080. The molecule has 0 radical (unpaired) electrons. The van der Waals surface area contributed by atoms with E-state index in [1.54, 1.807) is 6.92 Å². The van der Waals surface area contributed by atoms with Crippen LogP contribution in [0.25, 0.3) is 11.1 Å². The van der Waals surface area contributed by atoms with Crippen molar-refractivity contribution in [1.29, 1.82) is 0 Å². The van der Waals surface area contributed by atoms with Gasteiger partial charge in [-0.2, -0.15) is 0 Å². The Balaban J connectivity index is 1.52. The second-order valence-corrected chi connectivity index (χ2v) is 7.86. The van der Waals surface area contributed by atoms with Crippen molar-refractivity contribution in [3.8, 4) is 11.1 Å². The number of amides is 1. The van der Waals surface area contributed by atoms with Gasteiger partial charge in [-0.15, -0.1) is 0 Å². The van der Waals surface area contributed by atoms with E-state index in [4.69, 9.17) is 4.74 Å². The molecule has 1 atom stereocenters. The number of aliphatic carboxylic acids is 1. The number of carbonyl (C=O) groups excluding carboxylic acids is 1. The standard InChI is InChI=1S/C25H22FNO4/c1-25(14-23(28)29,16-10-12-17(26)13-11-16)27-24(30)31-15-22-20-8-4-2-6-18(20)19-7-3-5-9-21(19)22/h2-13,22H,14-15H2,1H3,(H,27,30)(H,28,29). The molecule has 2 N–H and O–H groups in total. The highest BCUT2D eigenvalue weighted by Gasteiger charge is 2.34. The van der Waals surface area contributed by atoms with Crippen LogP contribution in [0, 0.1) is 5.82 Å². The first-order chi connectivity index (χ1) is 14.9. The van der Waals surface area contributed by atoms with E-state index in [9.17, 15) is 19.1 Å². The van der Waals surface area contributed by atoms with E-state index >= 15 is 0 Å². The Morgan fingerprint density at radius 1 is 0.968 bits per heavy atom. The Labute approximate surface area is 179 Å². The molecule has 0 bridgehead atoms. The first-order valence-corrected chi connectivity index (χ1v) is 9.98. The van der Waals surface area contributed by atoms with Crippen LogP contribution in [0.1, 0.15) is 36.0 Å². The maximum absolute atomic E-state index is 13.3. The van der Waals surface area contributed by atoms with Crippen molar-refractivity contribution in [1.82, 2.24) is 5.32 Å². The minimum Gasteiger partial charge on any atom is -0.481 e. The predicted octanol–water partition coefficient (Wildman–Crippen LogP) is 5.05. The number of carboxylic acid groups (broad SMARTS) is 1. The highest BCUT2D eigenvalue weighted by Crippen LogP contribution is 2.44. The molecule has 3 aromatic rings. The smallest absolute Gasteiger partial charge is 0.407 e. The van der Waals surface area contributed by atoms with Crippen LogP contribution < -0.4 is 5.32 Å². The van der Waals surface area contributed by atoms with Crippen molar-refractivity contribution in [2.75, 3.05) is 6.61 Å².